The van der Waals surface area contributed by atoms with E-state index in [9.17, 15) is 13.6 Å². The van der Waals surface area contributed by atoms with Crippen molar-refractivity contribution >= 4 is 17.3 Å². The van der Waals surface area contributed by atoms with Crippen LogP contribution in [0.5, 0.6) is 0 Å². The van der Waals surface area contributed by atoms with Crippen LogP contribution in [0.3, 0.4) is 0 Å². The average molecular weight is 344 g/mol. The summed E-state index contributed by atoms with van der Waals surface area (Å²) in [5.41, 5.74) is 1.12. The molecule has 4 nitrogen and oxygen atoms in total. The number of hydrogen-bond acceptors (Lipinski definition) is 3. The summed E-state index contributed by atoms with van der Waals surface area (Å²) in [6.45, 7) is 2.77. The number of benzene rings is 2. The smallest absolute Gasteiger partial charge is 0.232 e. The molecule has 2 heterocycles. The third-order valence-electron chi connectivity index (χ3n) is 4.98. The monoisotopic (exact) mass is 344 g/mol. The summed E-state index contributed by atoms with van der Waals surface area (Å²) < 4.78 is 32.5. The normalized spacial score (nSPS) is 24.6. The standard InChI is InChI=1S/C19H18F2N2O2/c1-12-2-5-14(10-17(12)21)22-18(24)16-8-9-23(19(16)11-25-19)15-6-3-13(20)4-7-15/h2-7,10,16H,8-9,11H2,1H3,(H,22,24). The molecule has 2 aliphatic rings. The predicted molar refractivity (Wildman–Crippen MR) is 90.3 cm³/mol. The second kappa shape index (κ2) is 5.81. The Hall–Kier alpha value is -2.47. The van der Waals surface area contributed by atoms with E-state index in [1.165, 1.54) is 18.2 Å². The van der Waals surface area contributed by atoms with Crippen molar-refractivity contribution in [3.63, 3.8) is 0 Å². The molecule has 2 atom stereocenters. The molecule has 25 heavy (non-hydrogen) atoms. The van der Waals surface area contributed by atoms with Gasteiger partial charge in [0.15, 0.2) is 5.72 Å². The van der Waals surface area contributed by atoms with Crippen LogP contribution in [0.15, 0.2) is 42.5 Å². The fraction of sp³-hybridized carbons (Fsp3) is 0.316. The maximum Gasteiger partial charge on any atom is 0.232 e. The van der Waals surface area contributed by atoms with E-state index in [1.54, 1.807) is 31.2 Å². The summed E-state index contributed by atoms with van der Waals surface area (Å²) in [6, 6.07) is 10.8. The lowest BCUT2D eigenvalue weighted by Gasteiger charge is -2.26. The number of nitrogens with zero attached hydrogens (tertiary/aromatic N) is 1. The highest BCUT2D eigenvalue weighted by molar-refractivity contribution is 5.94. The summed E-state index contributed by atoms with van der Waals surface area (Å²) >= 11 is 0. The van der Waals surface area contributed by atoms with E-state index in [4.69, 9.17) is 4.74 Å². The van der Waals surface area contributed by atoms with Crippen LogP contribution < -0.4 is 10.2 Å². The molecule has 0 aromatic heterocycles. The van der Waals surface area contributed by atoms with Crippen LogP contribution in [-0.4, -0.2) is 24.8 Å². The minimum absolute atomic E-state index is 0.189. The van der Waals surface area contributed by atoms with Crippen molar-refractivity contribution in [3.05, 3.63) is 59.7 Å². The molecular formula is C19H18F2N2O2. The van der Waals surface area contributed by atoms with Crippen molar-refractivity contribution in [1.82, 2.24) is 0 Å². The topological polar surface area (TPSA) is 44.9 Å². The number of ether oxygens (including phenoxy) is 1. The van der Waals surface area contributed by atoms with Crippen LogP contribution in [0.25, 0.3) is 0 Å². The number of rotatable bonds is 3. The second-order valence-corrected chi connectivity index (χ2v) is 6.56. The van der Waals surface area contributed by atoms with Crippen LogP contribution in [0.2, 0.25) is 0 Å². The summed E-state index contributed by atoms with van der Waals surface area (Å²) in [4.78, 5) is 14.7. The third-order valence-corrected chi connectivity index (χ3v) is 4.98. The molecule has 0 bridgehead atoms. The fourth-order valence-corrected chi connectivity index (χ4v) is 3.50. The molecule has 2 fully saturated rings. The van der Waals surface area contributed by atoms with E-state index >= 15 is 0 Å². The number of carbonyl (C=O) groups is 1. The highest BCUT2D eigenvalue weighted by Gasteiger charge is 2.62. The number of aryl methyl sites for hydroxylation is 1. The maximum atomic E-state index is 13.7. The van der Waals surface area contributed by atoms with E-state index in [-0.39, 0.29) is 23.5 Å². The lowest BCUT2D eigenvalue weighted by Crippen LogP contribution is -2.41. The Bertz CT molecular complexity index is 819. The number of nitrogens with one attached hydrogen (secondary N) is 1. The first-order valence-electron chi connectivity index (χ1n) is 8.24. The third kappa shape index (κ3) is 2.76. The van der Waals surface area contributed by atoms with Gasteiger partial charge >= 0.3 is 0 Å². The van der Waals surface area contributed by atoms with Gasteiger partial charge < -0.3 is 15.0 Å². The minimum Gasteiger partial charge on any atom is -0.347 e. The first-order valence-corrected chi connectivity index (χ1v) is 8.24. The molecule has 0 aliphatic carbocycles. The van der Waals surface area contributed by atoms with Crippen LogP contribution in [0.4, 0.5) is 20.2 Å². The van der Waals surface area contributed by atoms with E-state index in [1.807, 2.05) is 4.90 Å². The summed E-state index contributed by atoms with van der Waals surface area (Å²) in [5.74, 6) is -1.20. The van der Waals surface area contributed by atoms with Crippen molar-refractivity contribution < 1.29 is 18.3 Å². The molecule has 2 aromatic carbocycles. The molecule has 1 spiro atoms. The van der Waals surface area contributed by atoms with Gasteiger partial charge in [-0.1, -0.05) is 6.07 Å². The molecule has 2 aliphatic heterocycles. The van der Waals surface area contributed by atoms with Crippen molar-refractivity contribution in [2.75, 3.05) is 23.4 Å². The lowest BCUT2D eigenvalue weighted by molar-refractivity contribution is -0.121. The van der Waals surface area contributed by atoms with Crippen LogP contribution >= 0.6 is 0 Å². The van der Waals surface area contributed by atoms with Gasteiger partial charge in [-0.2, -0.15) is 0 Å². The van der Waals surface area contributed by atoms with Gasteiger partial charge in [-0.05, 0) is 55.3 Å². The quantitative estimate of drug-likeness (QED) is 0.868. The first-order chi connectivity index (χ1) is 12.0. The molecular weight excluding hydrogens is 326 g/mol. The highest BCUT2D eigenvalue weighted by atomic mass is 19.1. The van der Waals surface area contributed by atoms with Gasteiger partial charge in [-0.15, -0.1) is 0 Å². The van der Waals surface area contributed by atoms with Crippen molar-refractivity contribution in [3.8, 4) is 0 Å². The molecule has 2 aromatic rings. The SMILES string of the molecule is Cc1ccc(NC(=O)C2CCN(c3ccc(F)cc3)C23CO3)cc1F. The first kappa shape index (κ1) is 16.0. The minimum atomic E-state index is -0.675. The Labute approximate surface area is 144 Å². The molecule has 1 amide bonds. The summed E-state index contributed by atoms with van der Waals surface area (Å²) in [5, 5.41) is 2.78. The van der Waals surface area contributed by atoms with Crippen LogP contribution in [-0.2, 0) is 9.53 Å². The summed E-state index contributed by atoms with van der Waals surface area (Å²) in [6.07, 6.45) is 0.623. The molecule has 6 heteroatoms. The molecule has 130 valence electrons. The zero-order valence-corrected chi connectivity index (χ0v) is 13.8. The van der Waals surface area contributed by atoms with Crippen molar-refractivity contribution in [2.45, 2.75) is 19.1 Å². The lowest BCUT2D eigenvalue weighted by atomic mass is 9.99. The Morgan fingerprint density at radius 2 is 1.96 bits per heavy atom. The number of hydrogen-bond donors (Lipinski definition) is 1. The zero-order valence-electron chi connectivity index (χ0n) is 13.8. The van der Waals surface area contributed by atoms with Gasteiger partial charge in [0.05, 0.1) is 12.5 Å². The molecule has 2 saturated heterocycles. The molecule has 0 saturated carbocycles. The number of epoxide rings is 1. The molecule has 1 N–H and O–H groups in total. The Morgan fingerprint density at radius 1 is 1.24 bits per heavy atom. The van der Waals surface area contributed by atoms with Crippen LogP contribution in [0, 0.1) is 24.5 Å². The highest BCUT2D eigenvalue weighted by Crippen LogP contribution is 2.48. The Kier molecular flexibility index (Phi) is 3.72. The van der Waals surface area contributed by atoms with Gasteiger partial charge in [0.25, 0.3) is 0 Å². The number of carbonyl (C=O) groups excluding carboxylic acids is 1. The Balaban J connectivity index is 1.52. The summed E-state index contributed by atoms with van der Waals surface area (Å²) in [7, 11) is 0. The molecule has 2 unspecified atom stereocenters. The van der Waals surface area contributed by atoms with E-state index < -0.39 is 5.72 Å². The number of amides is 1. The van der Waals surface area contributed by atoms with Crippen LogP contribution in [0.1, 0.15) is 12.0 Å². The van der Waals surface area contributed by atoms with Crippen molar-refractivity contribution in [1.29, 1.82) is 0 Å². The van der Waals surface area contributed by atoms with Gasteiger partial charge in [-0.25, -0.2) is 8.78 Å². The molecule has 0 radical (unpaired) electrons. The average Bonchev–Trinajstić information content (AvgIpc) is 3.27. The van der Waals surface area contributed by atoms with E-state index in [0.29, 0.717) is 30.8 Å². The van der Waals surface area contributed by atoms with E-state index in [0.717, 1.165) is 5.69 Å². The number of anilines is 2. The Morgan fingerprint density at radius 3 is 2.60 bits per heavy atom. The zero-order chi connectivity index (χ0) is 17.6. The van der Waals surface area contributed by atoms with Gasteiger partial charge in [0, 0.05) is 17.9 Å². The maximum absolute atomic E-state index is 13.7. The van der Waals surface area contributed by atoms with E-state index in [2.05, 4.69) is 5.32 Å². The van der Waals surface area contributed by atoms with Gasteiger partial charge in [-0.3, -0.25) is 4.79 Å². The number of halogens is 2. The van der Waals surface area contributed by atoms with Gasteiger partial charge in [0.2, 0.25) is 5.91 Å². The molecule has 4 rings (SSSR count). The largest absolute Gasteiger partial charge is 0.347 e. The second-order valence-electron chi connectivity index (χ2n) is 6.56. The predicted octanol–water partition coefficient (Wildman–Crippen LogP) is 3.46. The fourth-order valence-electron chi connectivity index (χ4n) is 3.50. The van der Waals surface area contributed by atoms with Crippen molar-refractivity contribution in [2.24, 2.45) is 5.92 Å². The van der Waals surface area contributed by atoms with Gasteiger partial charge in [0.1, 0.15) is 11.6 Å².